The average molecular weight is 1760 g/mol. The standard InChI is InChI=1S/C14H23N3O2.C14H19N3O2.C12H16N2O2.C11H16N2O.C9H18N.C7H14O.C4H3BrN2.2C4H8O.CH3B.CH3F.CH4S.CH3.2ClH.K.Li.Mg.H/c2*15-8-6-13(18)12-7-9-16-14(17-12)19-10-11-4-2-1-3-5-11;15-8-11-6-7-13-12(14-11)16-9-10-4-2-1-3-5-10;1-2-5-10(6-3-1)9-14-11-12-7-4-8-13-11;1-8(2)6-5-7-9(3,4)10-8;8-6-7-4-2-1-3-5-7;5-4-6-2-1-3-7-4;2*1-2-4-5-3-1;3*1-2;;;;;;;/h7,9,11,13,18H,1-6,8,10,15H2;7,9,11,13,18H,1-6,10H2;6-8,10H,1-5,9H2;4,7-8,10H,1-3,5-6,9H2;5-7H2,1-4H3;7-8H,1-6H2;1-3H;2*1-4H2;2*1H3;2H,1H3;1H3;2*1H;;;;/q;;;;-1;;;;;;;;-1;;;2*+1;+2;-1/p-2/i;;;;;;;;;;1D;;;;;;;;. The van der Waals surface area contributed by atoms with Crippen molar-refractivity contribution >= 4 is 65.7 Å². The molecule has 2 radical (unpaired) electrons. The van der Waals surface area contributed by atoms with E-state index in [1.54, 1.807) is 80.0 Å². The first-order chi connectivity index (χ1) is 53.6. The van der Waals surface area contributed by atoms with E-state index in [9.17, 15) is 19.4 Å². The van der Waals surface area contributed by atoms with Gasteiger partial charge in [-0.25, -0.2) is 34.9 Å². The number of aromatic nitrogens is 10. The number of nitrogens with zero attached hydrogens (tertiary/aromatic N) is 12. The van der Waals surface area contributed by atoms with Crippen molar-refractivity contribution in [1.29, 1.82) is 5.26 Å². The van der Waals surface area contributed by atoms with Gasteiger partial charge >= 0.3 is 117 Å². The van der Waals surface area contributed by atoms with E-state index in [0.717, 1.165) is 33.0 Å². The van der Waals surface area contributed by atoms with Crippen LogP contribution in [0.1, 0.15) is 283 Å². The third-order valence-electron chi connectivity index (χ3n) is 19.1. The van der Waals surface area contributed by atoms with Crippen LogP contribution in [0.4, 0.5) is 4.39 Å². The van der Waals surface area contributed by atoms with Crippen molar-refractivity contribution < 1.29 is 151 Å². The molecule has 5 saturated carbocycles. The Morgan fingerprint density at radius 2 is 0.896 bits per heavy atom. The van der Waals surface area contributed by atoms with Crippen LogP contribution in [-0.2, 0) is 9.47 Å². The van der Waals surface area contributed by atoms with E-state index in [4.69, 9.17) is 51.2 Å². The van der Waals surface area contributed by atoms with Crippen molar-refractivity contribution in [2.45, 2.75) is 276 Å². The minimum absolute atomic E-state index is 0. The molecule has 3 saturated heterocycles. The van der Waals surface area contributed by atoms with E-state index in [-0.39, 0.29) is 144 Å². The number of aldehydes is 1. The molecule has 23 nitrogen and oxygen atoms in total. The first-order valence-corrected chi connectivity index (χ1v) is 41.7. The van der Waals surface area contributed by atoms with Crippen LogP contribution in [-0.4, -0.2) is 193 Å². The molecule has 32 heteroatoms. The van der Waals surface area contributed by atoms with E-state index in [0.29, 0.717) is 121 Å². The van der Waals surface area contributed by atoms with Crippen LogP contribution in [0.2, 0.25) is 6.82 Å². The van der Waals surface area contributed by atoms with E-state index < -0.39 is 19.4 Å². The Morgan fingerprint density at radius 3 is 1.17 bits per heavy atom. The number of rotatable bonds is 19. The molecule has 5 aliphatic carbocycles. The maximum atomic E-state index is 10.5. The molecule has 8 fully saturated rings. The number of halogens is 4. The predicted molar refractivity (Wildman–Crippen MR) is 451 cm³/mol. The van der Waals surface area contributed by atoms with Crippen LogP contribution >= 0.6 is 28.6 Å². The number of carbonyl (C=O) groups excluding carboxylic acids is 1. The first-order valence-electron chi connectivity index (χ1n) is 40.7. The number of ether oxygens (including phenoxy) is 6. The summed E-state index contributed by atoms with van der Waals surface area (Å²) in [6, 6.07) is 11.8. The molecule has 115 heavy (non-hydrogen) atoms. The Hall–Kier alpha value is -2.12. The SMILES string of the molecule is Brc1ncccn1.C1CCOC1.C1CCOC1.CC1(C)CCCC(C)(C)[N-]1.CS.N#CCC(O)c1ccnc(OCC2CCCCC2)n1.NCCC(O)c1ccnc(OCC2CCCCC2)n1.O=Cc1ccnc(OCC2CCCCC2)n1.OCC1CCCCC1.[2H]CF.[B]C.[CH3-].[Cl-].[Cl-].[H-].[K+].[Li+].[Mg+2].c1cnc(OCC2CCCCC2)nc1. The van der Waals surface area contributed by atoms with Gasteiger partial charge in [0.25, 0.3) is 0 Å². The molecule has 5 N–H and O–H groups in total. The number of nitriles is 1. The van der Waals surface area contributed by atoms with E-state index in [1.165, 1.54) is 212 Å². The third kappa shape index (κ3) is 63.5. The minimum Gasteiger partial charge on any atom is -1.00 e. The van der Waals surface area contributed by atoms with Crippen LogP contribution in [0.5, 0.6) is 24.0 Å². The Morgan fingerprint density at radius 1 is 0.583 bits per heavy atom. The number of carbonyl (C=O) groups is 1. The number of alkyl halides is 1. The van der Waals surface area contributed by atoms with Crippen molar-refractivity contribution in [3.8, 4) is 30.1 Å². The number of aliphatic hydroxyl groups excluding tert-OH is 3. The fourth-order valence-corrected chi connectivity index (χ4v) is 13.5. The summed E-state index contributed by atoms with van der Waals surface area (Å²) in [7, 11) is 3.50. The predicted octanol–water partition coefficient (Wildman–Crippen LogP) is 5.91. The summed E-state index contributed by atoms with van der Waals surface area (Å²) in [6.07, 6.45) is 54.2. The topological polar surface area (TPSA) is 326 Å². The molecule has 0 spiro atoms. The molecular weight excluding hydrogens is 1620 g/mol. The first kappa shape index (κ1) is 119. The molecular formula is C83H139BBrCl2FKLiMgN13O10S-. The van der Waals surface area contributed by atoms with Gasteiger partial charge in [0, 0.05) is 76.4 Å². The number of hydrogen-bond acceptors (Lipinski definition) is 23. The molecule has 3 aliphatic heterocycles. The molecule has 5 aromatic heterocycles. The third-order valence-corrected chi connectivity index (χ3v) is 19.5. The quantitative estimate of drug-likeness (QED) is 0.0211. The largest absolute Gasteiger partial charge is 2.00 e. The number of piperidine rings is 1. The van der Waals surface area contributed by atoms with Crippen molar-refractivity contribution in [1.82, 2.24) is 49.8 Å². The maximum Gasteiger partial charge on any atom is 2.00 e. The van der Waals surface area contributed by atoms with E-state index in [2.05, 4.69) is 114 Å². The summed E-state index contributed by atoms with van der Waals surface area (Å²) in [5, 5.41) is 41.5. The van der Waals surface area contributed by atoms with E-state index >= 15 is 0 Å². The Kier molecular flexibility index (Phi) is 84.5. The smallest absolute Gasteiger partial charge is 1.00 e. The molecule has 2 unspecified atom stereocenters. The number of hydrogen-bond donors (Lipinski definition) is 5. The van der Waals surface area contributed by atoms with Crippen LogP contribution in [0, 0.1) is 48.3 Å². The monoisotopic (exact) mass is 1760 g/mol. The van der Waals surface area contributed by atoms with Gasteiger partial charge in [-0.2, -0.15) is 32.8 Å². The molecule has 2 atom stereocenters. The Balaban J connectivity index is -0.000000299. The second-order valence-corrected chi connectivity index (χ2v) is 29.8. The van der Waals surface area contributed by atoms with Gasteiger partial charge in [-0.05, 0) is 185 Å². The van der Waals surface area contributed by atoms with Gasteiger partial charge in [-0.3, -0.25) is 9.18 Å². The van der Waals surface area contributed by atoms with Gasteiger partial charge in [-0.15, -0.1) is 11.1 Å². The second-order valence-electron chi connectivity index (χ2n) is 29.1. The van der Waals surface area contributed by atoms with Gasteiger partial charge in [-0.1, -0.05) is 150 Å². The summed E-state index contributed by atoms with van der Waals surface area (Å²) in [5.74, 6) is 3.19. The fraction of sp³-hybridized carbons (Fsp3) is 0.723. The Bertz CT molecular complexity index is 2990. The Labute approximate surface area is 792 Å². The minimum atomic E-state index is -1.00. The van der Waals surface area contributed by atoms with Gasteiger partial charge < -0.3 is 88.5 Å². The van der Waals surface area contributed by atoms with Crippen LogP contribution in [0.3, 0.4) is 0 Å². The molecule has 638 valence electrons. The van der Waals surface area contributed by atoms with Gasteiger partial charge in [0.1, 0.15) is 11.8 Å². The van der Waals surface area contributed by atoms with Crippen molar-refractivity contribution in [3.63, 3.8) is 0 Å². The zero-order valence-electron chi connectivity index (χ0n) is 73.3. The number of nitrogens with two attached hydrogens (primary N) is 1. The van der Waals surface area contributed by atoms with Crippen molar-refractivity contribution in [2.24, 2.45) is 35.3 Å². The summed E-state index contributed by atoms with van der Waals surface area (Å²) >= 11 is 6.62. The summed E-state index contributed by atoms with van der Waals surface area (Å²) < 4.78 is 48.3. The normalized spacial score (nSPS) is 17.6. The molecule has 8 aliphatic rings. The summed E-state index contributed by atoms with van der Waals surface area (Å²) in [4.78, 5) is 50.6. The van der Waals surface area contributed by atoms with Crippen molar-refractivity contribution in [3.05, 3.63) is 108 Å². The maximum absolute atomic E-state index is 10.5. The second kappa shape index (κ2) is 81.5. The summed E-state index contributed by atoms with van der Waals surface area (Å²) in [5.41, 5.74) is 7.29. The zero-order chi connectivity index (χ0) is 80.4. The molecule has 8 heterocycles. The van der Waals surface area contributed by atoms with E-state index in [1.807, 2.05) is 6.07 Å². The van der Waals surface area contributed by atoms with Gasteiger partial charge in [0.15, 0.2) is 11.0 Å². The molecule has 5 aromatic rings. The van der Waals surface area contributed by atoms with Crippen LogP contribution in [0.15, 0.2) is 78.4 Å². The van der Waals surface area contributed by atoms with Crippen LogP contribution in [0.25, 0.3) is 5.32 Å². The van der Waals surface area contributed by atoms with Crippen molar-refractivity contribution in [2.75, 3.05) is 79.4 Å². The fourth-order valence-electron chi connectivity index (χ4n) is 13.3. The number of thiol groups is 1. The molecule has 0 amide bonds. The molecule has 0 bridgehead atoms. The van der Waals surface area contributed by atoms with Crippen LogP contribution < -0.4 is 120 Å². The molecule has 0 aromatic carbocycles. The van der Waals surface area contributed by atoms with Gasteiger partial charge in [0.2, 0.25) is 0 Å². The summed E-state index contributed by atoms with van der Waals surface area (Å²) in [6.45, 7) is 18.0. The average Bonchev–Trinajstić information content (AvgIpc) is 0.865. The zero-order valence-corrected chi connectivity index (χ0v) is 79.8. The van der Waals surface area contributed by atoms with Gasteiger partial charge in [0.05, 0.1) is 72.8 Å². The molecule has 13 rings (SSSR count). The number of aliphatic hydroxyl groups is 3.